The van der Waals surface area contributed by atoms with E-state index in [0.29, 0.717) is 5.82 Å². The van der Waals surface area contributed by atoms with Gasteiger partial charge < -0.3 is 0 Å². The Labute approximate surface area is 125 Å². The number of rotatable bonds is 2. The van der Waals surface area contributed by atoms with Gasteiger partial charge in [-0.15, -0.1) is 0 Å². The lowest BCUT2D eigenvalue weighted by Crippen LogP contribution is -1.99. The molecule has 0 saturated carbocycles. The van der Waals surface area contributed by atoms with Gasteiger partial charge in [0.25, 0.3) is 5.69 Å². The molecular weight excluding hydrogens is 292 g/mol. The number of halogens is 1. The summed E-state index contributed by atoms with van der Waals surface area (Å²) < 4.78 is 1.70. The number of hydrogen-bond acceptors (Lipinski definition) is 4. The lowest BCUT2D eigenvalue weighted by atomic mass is 10.1. The third kappa shape index (κ3) is 2.34. The number of aromatic nitrogens is 3. The van der Waals surface area contributed by atoms with E-state index in [1.165, 1.54) is 12.1 Å². The van der Waals surface area contributed by atoms with Crippen LogP contribution in [-0.4, -0.2) is 19.5 Å². The summed E-state index contributed by atoms with van der Waals surface area (Å²) in [5, 5.41) is 11.0. The maximum atomic E-state index is 10.9. The lowest BCUT2D eigenvalue weighted by molar-refractivity contribution is -0.384. The van der Waals surface area contributed by atoms with Crippen LogP contribution in [0.2, 0.25) is 5.15 Å². The molecule has 0 spiro atoms. The zero-order valence-corrected chi connectivity index (χ0v) is 12.1. The number of aryl methyl sites for hydroxylation is 2. The molecule has 2 heterocycles. The third-order valence-electron chi connectivity index (χ3n) is 3.39. The van der Waals surface area contributed by atoms with Crippen molar-refractivity contribution in [1.82, 2.24) is 14.5 Å². The molecule has 0 fully saturated rings. The first-order chi connectivity index (χ1) is 9.95. The van der Waals surface area contributed by atoms with Crippen molar-refractivity contribution in [2.75, 3.05) is 0 Å². The summed E-state index contributed by atoms with van der Waals surface area (Å²) in [6.07, 6.45) is 1.59. The molecule has 0 radical (unpaired) electrons. The minimum Gasteiger partial charge on any atom is -0.283 e. The highest BCUT2D eigenvalue weighted by atomic mass is 35.5. The monoisotopic (exact) mass is 302 g/mol. The van der Waals surface area contributed by atoms with E-state index in [2.05, 4.69) is 9.97 Å². The van der Waals surface area contributed by atoms with Crippen LogP contribution in [0.5, 0.6) is 0 Å². The predicted octanol–water partition coefficient (Wildman–Crippen LogP) is 3.60. The highest BCUT2D eigenvalue weighted by molar-refractivity contribution is 6.29. The van der Waals surface area contributed by atoms with Crippen LogP contribution in [0.4, 0.5) is 5.69 Å². The molecule has 0 aliphatic heterocycles. The lowest BCUT2D eigenvalue weighted by Gasteiger charge is -2.05. The number of pyridine rings is 1. The van der Waals surface area contributed by atoms with Crippen molar-refractivity contribution in [2.24, 2.45) is 0 Å². The Kier molecular flexibility index (Phi) is 3.10. The van der Waals surface area contributed by atoms with Crippen molar-refractivity contribution in [3.63, 3.8) is 0 Å². The fourth-order valence-electron chi connectivity index (χ4n) is 2.15. The van der Waals surface area contributed by atoms with Gasteiger partial charge in [-0.1, -0.05) is 11.6 Å². The van der Waals surface area contributed by atoms with Gasteiger partial charge in [-0.05, 0) is 37.1 Å². The zero-order valence-electron chi connectivity index (χ0n) is 11.4. The molecule has 0 aliphatic rings. The van der Waals surface area contributed by atoms with E-state index in [1.54, 1.807) is 10.9 Å². The molecule has 3 aromatic rings. The molecule has 6 nitrogen and oxygen atoms in total. The third-order valence-corrected chi connectivity index (χ3v) is 3.58. The second-order valence-corrected chi connectivity index (χ2v) is 5.19. The summed E-state index contributed by atoms with van der Waals surface area (Å²) in [5.41, 5.74) is 3.79. The van der Waals surface area contributed by atoms with E-state index in [0.717, 1.165) is 22.2 Å². The molecule has 0 aliphatic carbocycles. The highest BCUT2D eigenvalue weighted by Crippen LogP contribution is 2.24. The number of fused-ring (bicyclic) bond motifs is 1. The van der Waals surface area contributed by atoms with E-state index in [-0.39, 0.29) is 10.8 Å². The van der Waals surface area contributed by atoms with E-state index in [1.807, 2.05) is 26.0 Å². The normalized spacial score (nSPS) is 11.0. The van der Waals surface area contributed by atoms with Gasteiger partial charge in [0, 0.05) is 0 Å². The molecule has 3 rings (SSSR count). The average molecular weight is 303 g/mol. The van der Waals surface area contributed by atoms with E-state index in [9.17, 15) is 10.1 Å². The molecule has 0 atom stereocenters. The van der Waals surface area contributed by atoms with Gasteiger partial charge in [-0.3, -0.25) is 14.7 Å². The van der Waals surface area contributed by atoms with Crippen molar-refractivity contribution in [3.8, 4) is 5.82 Å². The van der Waals surface area contributed by atoms with E-state index in [4.69, 9.17) is 11.6 Å². The van der Waals surface area contributed by atoms with Crippen molar-refractivity contribution in [3.05, 3.63) is 57.0 Å². The molecule has 1 aromatic carbocycles. The zero-order chi connectivity index (χ0) is 15.1. The molecular formula is C14H11ClN4O2. The summed E-state index contributed by atoms with van der Waals surface area (Å²) in [5.74, 6) is 0.375. The number of nitro groups is 1. The Hall–Kier alpha value is -2.47. The Morgan fingerprint density at radius 3 is 2.62 bits per heavy atom. The maximum Gasteiger partial charge on any atom is 0.276 e. The van der Waals surface area contributed by atoms with Crippen molar-refractivity contribution < 1.29 is 4.92 Å². The second-order valence-electron chi connectivity index (χ2n) is 4.80. The van der Waals surface area contributed by atoms with Gasteiger partial charge in [0.1, 0.15) is 17.3 Å². The van der Waals surface area contributed by atoms with Gasteiger partial charge in [0.2, 0.25) is 0 Å². The van der Waals surface area contributed by atoms with Crippen LogP contribution in [0.1, 0.15) is 11.1 Å². The molecule has 106 valence electrons. The van der Waals surface area contributed by atoms with Crippen LogP contribution >= 0.6 is 11.6 Å². The summed E-state index contributed by atoms with van der Waals surface area (Å²) in [6, 6.07) is 6.55. The average Bonchev–Trinajstić information content (AvgIpc) is 2.81. The van der Waals surface area contributed by atoms with Crippen LogP contribution in [0.15, 0.2) is 30.6 Å². The van der Waals surface area contributed by atoms with Crippen LogP contribution in [0.3, 0.4) is 0 Å². The minimum atomic E-state index is -0.494. The van der Waals surface area contributed by atoms with Gasteiger partial charge in [0.05, 0.1) is 28.1 Å². The number of benzene rings is 1. The fourth-order valence-corrected chi connectivity index (χ4v) is 2.34. The standard InChI is InChI=1S/C14H11ClN4O2/c1-8-3-11-12(4-9(8)2)18(7-16-11)14-6-10(19(20)21)5-13(15)17-14/h3-7H,1-2H3. The Morgan fingerprint density at radius 2 is 1.90 bits per heavy atom. The summed E-state index contributed by atoms with van der Waals surface area (Å²) >= 11 is 5.87. The molecule has 0 amide bonds. The summed E-state index contributed by atoms with van der Waals surface area (Å²) in [6.45, 7) is 4.01. The van der Waals surface area contributed by atoms with Crippen molar-refractivity contribution in [2.45, 2.75) is 13.8 Å². The second kappa shape index (κ2) is 4.82. The fraction of sp³-hybridized carbons (Fsp3) is 0.143. The van der Waals surface area contributed by atoms with Crippen LogP contribution in [-0.2, 0) is 0 Å². The van der Waals surface area contributed by atoms with Crippen LogP contribution in [0.25, 0.3) is 16.9 Å². The number of nitrogens with zero attached hydrogens (tertiary/aromatic N) is 4. The van der Waals surface area contributed by atoms with Gasteiger partial charge in [-0.25, -0.2) is 9.97 Å². The van der Waals surface area contributed by atoms with Crippen LogP contribution < -0.4 is 0 Å². The first-order valence-electron chi connectivity index (χ1n) is 6.22. The Balaban J connectivity index is 2.25. The SMILES string of the molecule is Cc1cc2ncn(-c3cc([N+](=O)[O-])cc(Cl)n3)c2cc1C. The molecule has 0 unspecified atom stereocenters. The molecule has 0 N–H and O–H groups in total. The topological polar surface area (TPSA) is 73.8 Å². The van der Waals surface area contributed by atoms with Gasteiger partial charge >= 0.3 is 0 Å². The van der Waals surface area contributed by atoms with Crippen LogP contribution in [0, 0.1) is 24.0 Å². The quantitative estimate of drug-likeness (QED) is 0.412. The first kappa shape index (κ1) is 13.5. The molecule has 0 bridgehead atoms. The smallest absolute Gasteiger partial charge is 0.276 e. The number of hydrogen-bond donors (Lipinski definition) is 0. The molecule has 0 saturated heterocycles. The number of imidazole rings is 1. The maximum absolute atomic E-state index is 10.9. The summed E-state index contributed by atoms with van der Waals surface area (Å²) in [4.78, 5) is 18.9. The molecule has 7 heteroatoms. The van der Waals surface area contributed by atoms with Crippen molar-refractivity contribution >= 4 is 28.3 Å². The van der Waals surface area contributed by atoms with E-state index < -0.39 is 4.92 Å². The molecule has 21 heavy (non-hydrogen) atoms. The summed E-state index contributed by atoms with van der Waals surface area (Å²) in [7, 11) is 0. The molecule has 2 aromatic heterocycles. The predicted molar refractivity (Wildman–Crippen MR) is 80.0 cm³/mol. The van der Waals surface area contributed by atoms with Gasteiger partial charge in [-0.2, -0.15) is 0 Å². The highest BCUT2D eigenvalue weighted by Gasteiger charge is 2.14. The Bertz CT molecular complexity index is 873. The van der Waals surface area contributed by atoms with E-state index >= 15 is 0 Å². The Morgan fingerprint density at radius 1 is 1.19 bits per heavy atom. The minimum absolute atomic E-state index is 0.0740. The largest absolute Gasteiger partial charge is 0.283 e. The van der Waals surface area contributed by atoms with Gasteiger partial charge in [0.15, 0.2) is 0 Å². The first-order valence-corrected chi connectivity index (χ1v) is 6.60. The van der Waals surface area contributed by atoms with Crippen molar-refractivity contribution in [1.29, 1.82) is 0 Å².